The van der Waals surface area contributed by atoms with E-state index in [-0.39, 0.29) is 70.0 Å². The smallest absolute Gasteiger partial charge is 0.343 e. The van der Waals surface area contributed by atoms with Crippen LogP contribution in [0.5, 0.6) is 34.5 Å². The second kappa shape index (κ2) is 18.1. The minimum atomic E-state index is -0.857. The van der Waals surface area contributed by atoms with E-state index in [1.165, 1.54) is 99.1 Å². The lowest BCUT2D eigenvalue weighted by Crippen LogP contribution is -2.36. The molecular formula is C42H34O16. The summed E-state index contributed by atoms with van der Waals surface area (Å²) in [7, 11) is 2.67. The number of methoxy groups -OCH3 is 2. The summed E-state index contributed by atoms with van der Waals surface area (Å²) in [6.45, 7) is 6.57. The maximum Gasteiger partial charge on any atom is 0.343 e. The van der Waals surface area contributed by atoms with Crippen molar-refractivity contribution in [3.05, 3.63) is 132 Å². The van der Waals surface area contributed by atoms with E-state index >= 15 is 0 Å². The van der Waals surface area contributed by atoms with Gasteiger partial charge in [-0.3, -0.25) is 0 Å². The molecule has 2 saturated heterocycles. The third-order valence-corrected chi connectivity index (χ3v) is 8.64. The molecule has 0 amide bonds. The Balaban J connectivity index is 1.02. The molecule has 0 saturated carbocycles. The fraction of sp³-hybridized carbons (Fsp3) is 0.190. The first-order chi connectivity index (χ1) is 28.0. The summed E-state index contributed by atoms with van der Waals surface area (Å²) in [5.74, 6) is -3.57. The van der Waals surface area contributed by atoms with Crippen LogP contribution in [0.4, 0.5) is 0 Å². The minimum absolute atomic E-state index is 0.0313. The van der Waals surface area contributed by atoms with Crippen molar-refractivity contribution < 1.29 is 76.1 Å². The van der Waals surface area contributed by atoms with Gasteiger partial charge in [-0.25, -0.2) is 28.8 Å². The number of hydrogen-bond donors (Lipinski definition) is 0. The van der Waals surface area contributed by atoms with Crippen molar-refractivity contribution in [3.8, 4) is 34.5 Å². The molecule has 0 N–H and O–H groups in total. The Bertz CT molecular complexity index is 2240. The standard InChI is InChI=1S/C42H34O16/c1-5-35(43)53-26-12-7-23(8-13-26)39(45)55-28-16-17-29(31(20-28)49-3)42(48)58-34-22-52-37-33(21-51-38(34)37)57-41(47)25-11-18-30(32(19-25)50-4)56-40(46)24-9-14-27(15-10-24)54-36(44)6-2/h5-20,33-34,37-38H,1-2,21-22H2,3-4H3/t33-,34+,37-,38-/m1/s1. The number of rotatable bonds is 14. The van der Waals surface area contributed by atoms with Crippen molar-refractivity contribution in [1.29, 1.82) is 0 Å². The normalized spacial score (nSPS) is 17.8. The minimum Gasteiger partial charge on any atom is -0.496 e. The SMILES string of the molecule is C=CC(=O)Oc1ccc(C(=O)Oc2ccc(C(=O)O[C@H]3CO[C@H]4[C@@H]3OC[C@H]4OC(=O)c3ccc(OC(=O)c4ccc(OC(=O)C=C)cc4)c(OC)c3)c(OC)c2)cc1. The highest BCUT2D eigenvalue weighted by atomic mass is 16.7. The van der Waals surface area contributed by atoms with E-state index in [0.717, 1.165) is 12.2 Å². The number of benzene rings is 4. The van der Waals surface area contributed by atoms with Crippen molar-refractivity contribution in [3.63, 3.8) is 0 Å². The lowest BCUT2D eigenvalue weighted by Gasteiger charge is -2.18. The van der Waals surface area contributed by atoms with E-state index in [9.17, 15) is 28.8 Å². The first kappa shape index (κ1) is 40.4. The predicted octanol–water partition coefficient (Wildman–Crippen LogP) is 4.87. The Hall–Kier alpha value is -7.30. The van der Waals surface area contributed by atoms with Crippen LogP contribution in [0.1, 0.15) is 41.4 Å². The van der Waals surface area contributed by atoms with Crippen LogP contribution in [0, 0.1) is 0 Å². The van der Waals surface area contributed by atoms with Crippen molar-refractivity contribution >= 4 is 35.8 Å². The summed E-state index contributed by atoms with van der Waals surface area (Å²) in [6, 6.07) is 19.6. The van der Waals surface area contributed by atoms with E-state index in [1.54, 1.807) is 0 Å². The molecule has 0 aliphatic carbocycles. The Morgan fingerprint density at radius 1 is 0.517 bits per heavy atom. The number of carbonyl (C=O) groups excluding carboxylic acids is 6. The lowest BCUT2D eigenvalue weighted by atomic mass is 10.1. The molecule has 0 bridgehead atoms. The van der Waals surface area contributed by atoms with Crippen molar-refractivity contribution in [2.45, 2.75) is 24.4 Å². The zero-order chi connectivity index (χ0) is 41.3. The summed E-state index contributed by atoms with van der Waals surface area (Å²) in [5.41, 5.74) is 0.449. The summed E-state index contributed by atoms with van der Waals surface area (Å²) in [4.78, 5) is 74.8. The number of esters is 6. The average Bonchev–Trinajstić information content (AvgIpc) is 3.83. The predicted molar refractivity (Wildman–Crippen MR) is 198 cm³/mol. The second-order valence-electron chi connectivity index (χ2n) is 12.3. The quantitative estimate of drug-likeness (QED) is 0.0952. The third-order valence-electron chi connectivity index (χ3n) is 8.64. The highest BCUT2D eigenvalue weighted by Crippen LogP contribution is 2.34. The molecule has 4 aromatic rings. The zero-order valence-electron chi connectivity index (χ0n) is 30.9. The fourth-order valence-corrected chi connectivity index (χ4v) is 5.78. The van der Waals surface area contributed by atoms with Gasteiger partial charge in [0.25, 0.3) is 0 Å². The molecule has 16 nitrogen and oxygen atoms in total. The first-order valence-corrected chi connectivity index (χ1v) is 17.3. The van der Waals surface area contributed by atoms with Gasteiger partial charge in [-0.1, -0.05) is 13.2 Å². The maximum absolute atomic E-state index is 13.3. The second-order valence-corrected chi connectivity index (χ2v) is 12.3. The molecule has 0 radical (unpaired) electrons. The van der Waals surface area contributed by atoms with Gasteiger partial charge in [-0.2, -0.15) is 0 Å². The van der Waals surface area contributed by atoms with E-state index in [2.05, 4.69) is 13.2 Å². The summed E-state index contributed by atoms with van der Waals surface area (Å²) in [6.07, 6.45) is -1.18. The molecule has 58 heavy (non-hydrogen) atoms. The van der Waals surface area contributed by atoms with Gasteiger partial charge in [0.05, 0.1) is 44.1 Å². The number of carbonyl (C=O) groups is 6. The summed E-state index contributed by atoms with van der Waals surface area (Å²) >= 11 is 0. The molecule has 0 unspecified atom stereocenters. The van der Waals surface area contributed by atoms with Gasteiger partial charge < -0.3 is 47.4 Å². The lowest BCUT2D eigenvalue weighted by molar-refractivity contribution is -0.129. The number of ether oxygens (including phenoxy) is 10. The van der Waals surface area contributed by atoms with Crippen LogP contribution in [0.25, 0.3) is 0 Å². The van der Waals surface area contributed by atoms with Crippen LogP contribution in [-0.2, 0) is 28.5 Å². The Morgan fingerprint density at radius 2 is 1.00 bits per heavy atom. The maximum atomic E-state index is 13.3. The van der Waals surface area contributed by atoms with Crippen molar-refractivity contribution in [1.82, 2.24) is 0 Å². The van der Waals surface area contributed by atoms with Gasteiger partial charge in [-0.05, 0) is 78.9 Å². The molecule has 0 spiro atoms. The Morgan fingerprint density at radius 3 is 1.52 bits per heavy atom. The molecule has 0 aromatic heterocycles. The van der Waals surface area contributed by atoms with Crippen LogP contribution >= 0.6 is 0 Å². The molecule has 16 heteroatoms. The molecule has 4 atom stereocenters. The third kappa shape index (κ3) is 9.38. The molecule has 2 fully saturated rings. The molecule has 2 heterocycles. The topological polar surface area (TPSA) is 195 Å². The first-order valence-electron chi connectivity index (χ1n) is 17.3. The number of hydrogen-bond acceptors (Lipinski definition) is 16. The highest BCUT2D eigenvalue weighted by Gasteiger charge is 2.51. The van der Waals surface area contributed by atoms with Gasteiger partial charge >= 0.3 is 35.8 Å². The molecule has 6 rings (SSSR count). The van der Waals surface area contributed by atoms with Gasteiger partial charge in [0.2, 0.25) is 0 Å². The monoisotopic (exact) mass is 794 g/mol. The van der Waals surface area contributed by atoms with Crippen molar-refractivity contribution in [2.75, 3.05) is 27.4 Å². The largest absolute Gasteiger partial charge is 0.496 e. The zero-order valence-corrected chi connectivity index (χ0v) is 30.9. The molecule has 4 aromatic carbocycles. The van der Waals surface area contributed by atoms with Crippen LogP contribution < -0.4 is 28.4 Å². The van der Waals surface area contributed by atoms with E-state index in [1.807, 2.05) is 0 Å². The van der Waals surface area contributed by atoms with Gasteiger partial charge in [-0.15, -0.1) is 0 Å². The molecular weight excluding hydrogens is 760 g/mol. The van der Waals surface area contributed by atoms with Gasteiger partial charge in [0.1, 0.15) is 40.8 Å². The Kier molecular flexibility index (Phi) is 12.6. The van der Waals surface area contributed by atoms with Crippen LogP contribution in [-0.4, -0.2) is 87.7 Å². The molecule has 2 aliphatic heterocycles. The van der Waals surface area contributed by atoms with E-state index < -0.39 is 60.2 Å². The van der Waals surface area contributed by atoms with Gasteiger partial charge in [0, 0.05) is 18.2 Å². The van der Waals surface area contributed by atoms with Crippen LogP contribution in [0.2, 0.25) is 0 Å². The summed E-state index contributed by atoms with van der Waals surface area (Å²) in [5, 5.41) is 0. The summed E-state index contributed by atoms with van der Waals surface area (Å²) < 4.78 is 54.7. The molecule has 298 valence electrons. The fourth-order valence-electron chi connectivity index (χ4n) is 5.78. The molecule has 2 aliphatic rings. The Labute approximate surface area is 330 Å². The van der Waals surface area contributed by atoms with Crippen LogP contribution in [0.3, 0.4) is 0 Å². The van der Waals surface area contributed by atoms with E-state index in [0.29, 0.717) is 0 Å². The van der Waals surface area contributed by atoms with Gasteiger partial charge in [0.15, 0.2) is 23.7 Å². The van der Waals surface area contributed by atoms with Crippen molar-refractivity contribution in [2.24, 2.45) is 0 Å². The van der Waals surface area contributed by atoms with Crippen LogP contribution in [0.15, 0.2) is 110 Å². The van der Waals surface area contributed by atoms with E-state index in [4.69, 9.17) is 47.4 Å². The highest BCUT2D eigenvalue weighted by molar-refractivity contribution is 5.95. The number of fused-ring (bicyclic) bond motifs is 1. The average molecular weight is 795 g/mol.